The molecule has 0 aliphatic carbocycles. The normalized spacial score (nSPS) is 15.3. The number of aliphatic hydroxyl groups is 1. The molecule has 0 atom stereocenters. The van der Waals surface area contributed by atoms with E-state index in [4.69, 9.17) is 9.84 Å². The Hall–Kier alpha value is -1.64. The number of rotatable bonds is 5. The van der Waals surface area contributed by atoms with Gasteiger partial charge in [0, 0.05) is 18.8 Å². The lowest BCUT2D eigenvalue weighted by Crippen LogP contribution is -2.37. The predicted molar refractivity (Wildman–Crippen MR) is 82.2 cm³/mol. The van der Waals surface area contributed by atoms with Crippen LogP contribution in [-0.4, -0.2) is 58.5 Å². The number of aliphatic hydroxyl groups excluding tert-OH is 1. The molecule has 8 heteroatoms. The summed E-state index contributed by atoms with van der Waals surface area (Å²) in [6.07, 6.45) is 0. The van der Waals surface area contributed by atoms with Gasteiger partial charge in [0.05, 0.1) is 25.5 Å². The van der Waals surface area contributed by atoms with Gasteiger partial charge in [0.25, 0.3) is 0 Å². The van der Waals surface area contributed by atoms with Crippen molar-refractivity contribution in [3.05, 3.63) is 30.1 Å². The summed E-state index contributed by atoms with van der Waals surface area (Å²) in [5.74, 6) is 0.878. The quantitative estimate of drug-likeness (QED) is 0.837. The molecule has 0 spiro atoms. The number of hydrogen-bond donors (Lipinski definition) is 1. The maximum atomic E-state index is 13.6. The number of morpholine rings is 1. The van der Waals surface area contributed by atoms with Crippen LogP contribution >= 0.6 is 11.8 Å². The number of nitrogens with zero attached hydrogens (tertiary/aromatic N) is 4. The molecule has 2 aromatic rings. The van der Waals surface area contributed by atoms with Gasteiger partial charge in [-0.05, 0) is 18.2 Å². The van der Waals surface area contributed by atoms with Crippen LogP contribution in [0.5, 0.6) is 0 Å². The third kappa shape index (κ3) is 3.23. The van der Waals surface area contributed by atoms with Crippen molar-refractivity contribution < 1.29 is 14.2 Å². The monoisotopic (exact) mass is 324 g/mol. The Morgan fingerprint density at radius 1 is 1.27 bits per heavy atom. The Morgan fingerprint density at radius 2 is 2.09 bits per heavy atom. The lowest BCUT2D eigenvalue weighted by atomic mass is 10.3. The molecule has 1 N–H and O–H groups in total. The summed E-state index contributed by atoms with van der Waals surface area (Å²) >= 11 is 1.39. The van der Waals surface area contributed by atoms with Crippen LogP contribution in [0.3, 0.4) is 0 Å². The molecular formula is C14H17FN4O2S. The Balaban J connectivity index is 2.00. The molecule has 22 heavy (non-hydrogen) atoms. The van der Waals surface area contributed by atoms with Gasteiger partial charge in [0.1, 0.15) is 5.82 Å². The molecule has 0 amide bonds. The second kappa shape index (κ2) is 7.08. The fourth-order valence-electron chi connectivity index (χ4n) is 2.30. The van der Waals surface area contributed by atoms with Gasteiger partial charge >= 0.3 is 0 Å². The number of benzene rings is 1. The van der Waals surface area contributed by atoms with E-state index >= 15 is 0 Å². The first-order chi connectivity index (χ1) is 10.8. The van der Waals surface area contributed by atoms with Crippen LogP contribution in [0.25, 0.3) is 5.69 Å². The van der Waals surface area contributed by atoms with Crippen LogP contribution in [0.15, 0.2) is 29.4 Å². The fraction of sp³-hybridized carbons (Fsp3) is 0.429. The molecule has 1 aromatic heterocycles. The Morgan fingerprint density at radius 3 is 2.82 bits per heavy atom. The minimum Gasteiger partial charge on any atom is -0.396 e. The van der Waals surface area contributed by atoms with Crippen LogP contribution in [-0.2, 0) is 4.74 Å². The van der Waals surface area contributed by atoms with Crippen LogP contribution in [0.2, 0.25) is 0 Å². The lowest BCUT2D eigenvalue weighted by molar-refractivity contribution is 0.122. The van der Waals surface area contributed by atoms with Gasteiger partial charge in [-0.15, -0.1) is 10.2 Å². The molecule has 6 nitrogen and oxygen atoms in total. The van der Waals surface area contributed by atoms with E-state index in [1.54, 1.807) is 6.07 Å². The van der Waals surface area contributed by atoms with Crippen molar-refractivity contribution in [1.29, 1.82) is 0 Å². The summed E-state index contributed by atoms with van der Waals surface area (Å²) in [4.78, 5) is 2.07. The number of ether oxygens (including phenoxy) is 1. The zero-order valence-corrected chi connectivity index (χ0v) is 12.8. The van der Waals surface area contributed by atoms with Crippen LogP contribution in [0, 0.1) is 5.82 Å². The van der Waals surface area contributed by atoms with Gasteiger partial charge in [-0.3, -0.25) is 4.57 Å². The van der Waals surface area contributed by atoms with Gasteiger partial charge in [-0.2, -0.15) is 0 Å². The fourth-order valence-corrected chi connectivity index (χ4v) is 2.99. The SMILES string of the molecule is OCCSc1nnc(N2CCOCC2)n1-c1cccc(F)c1. The van der Waals surface area contributed by atoms with Gasteiger partial charge in [0.2, 0.25) is 5.95 Å². The summed E-state index contributed by atoms with van der Waals surface area (Å²) in [5, 5.41) is 18.1. The minimum absolute atomic E-state index is 0.0492. The first-order valence-corrected chi connectivity index (χ1v) is 8.06. The zero-order chi connectivity index (χ0) is 15.4. The average Bonchev–Trinajstić information content (AvgIpc) is 2.97. The van der Waals surface area contributed by atoms with Gasteiger partial charge < -0.3 is 14.7 Å². The molecule has 118 valence electrons. The molecule has 1 saturated heterocycles. The largest absolute Gasteiger partial charge is 0.396 e. The number of thioether (sulfide) groups is 1. The molecule has 1 fully saturated rings. The van der Waals surface area contributed by atoms with Crippen LogP contribution in [0.4, 0.5) is 10.3 Å². The molecule has 1 aliphatic heterocycles. The van der Waals surface area contributed by atoms with Crippen LogP contribution in [0.1, 0.15) is 0 Å². The minimum atomic E-state index is -0.308. The molecule has 0 radical (unpaired) electrons. The number of aromatic nitrogens is 3. The molecule has 0 saturated carbocycles. The lowest BCUT2D eigenvalue weighted by Gasteiger charge is -2.27. The Labute approximate surface area is 131 Å². The second-order valence-corrected chi connectivity index (χ2v) is 5.83. The van der Waals surface area contributed by atoms with E-state index in [1.807, 2.05) is 10.6 Å². The zero-order valence-electron chi connectivity index (χ0n) is 12.0. The Kier molecular flexibility index (Phi) is 4.91. The van der Waals surface area contributed by atoms with E-state index in [2.05, 4.69) is 15.1 Å². The highest BCUT2D eigenvalue weighted by atomic mass is 32.2. The predicted octanol–water partition coefficient (Wildman–Crippen LogP) is 1.33. The topological polar surface area (TPSA) is 63.4 Å². The molecule has 1 aromatic carbocycles. The van der Waals surface area contributed by atoms with E-state index in [-0.39, 0.29) is 12.4 Å². The molecule has 0 unspecified atom stereocenters. The smallest absolute Gasteiger partial charge is 0.232 e. The summed E-state index contributed by atoms with van der Waals surface area (Å²) in [7, 11) is 0. The number of anilines is 1. The van der Waals surface area contributed by atoms with Crippen LogP contribution < -0.4 is 4.90 Å². The highest BCUT2D eigenvalue weighted by Crippen LogP contribution is 2.27. The van der Waals surface area contributed by atoms with E-state index < -0.39 is 0 Å². The molecule has 2 heterocycles. The summed E-state index contributed by atoms with van der Waals surface area (Å²) in [6, 6.07) is 6.34. The molecule has 0 bridgehead atoms. The first kappa shape index (κ1) is 15.3. The number of hydrogen-bond acceptors (Lipinski definition) is 6. The van der Waals surface area contributed by atoms with Gasteiger partial charge in [0.15, 0.2) is 5.16 Å². The highest BCUT2D eigenvalue weighted by molar-refractivity contribution is 7.99. The summed E-state index contributed by atoms with van der Waals surface area (Å²) < 4.78 is 20.8. The number of halogens is 1. The van der Waals surface area contributed by atoms with Crippen molar-refractivity contribution in [2.45, 2.75) is 5.16 Å². The highest BCUT2D eigenvalue weighted by Gasteiger charge is 2.21. The third-order valence-corrected chi connectivity index (χ3v) is 4.21. The summed E-state index contributed by atoms with van der Waals surface area (Å²) in [5.41, 5.74) is 0.673. The average molecular weight is 324 g/mol. The van der Waals surface area contributed by atoms with Crippen molar-refractivity contribution in [2.75, 3.05) is 43.6 Å². The summed E-state index contributed by atoms with van der Waals surface area (Å²) in [6.45, 7) is 2.76. The van der Waals surface area contributed by atoms with E-state index in [0.717, 1.165) is 13.1 Å². The second-order valence-electron chi connectivity index (χ2n) is 4.77. The van der Waals surface area contributed by atoms with Gasteiger partial charge in [-0.1, -0.05) is 17.8 Å². The van der Waals surface area contributed by atoms with Crippen molar-refractivity contribution in [1.82, 2.24) is 14.8 Å². The Bertz CT molecular complexity index is 631. The van der Waals surface area contributed by atoms with Crippen molar-refractivity contribution in [2.24, 2.45) is 0 Å². The molecule has 3 rings (SSSR count). The first-order valence-electron chi connectivity index (χ1n) is 7.07. The van der Waals surface area contributed by atoms with E-state index in [0.29, 0.717) is 35.8 Å². The standard InChI is InChI=1S/C14H17FN4O2S/c15-11-2-1-3-12(10-11)19-13(18-4-7-21-8-5-18)16-17-14(19)22-9-6-20/h1-3,10,20H,4-9H2. The van der Waals surface area contributed by atoms with Crippen molar-refractivity contribution >= 4 is 17.7 Å². The third-order valence-electron chi connectivity index (χ3n) is 3.30. The van der Waals surface area contributed by atoms with Crippen molar-refractivity contribution in [3.8, 4) is 5.69 Å². The maximum absolute atomic E-state index is 13.6. The van der Waals surface area contributed by atoms with Crippen molar-refractivity contribution in [3.63, 3.8) is 0 Å². The molecular weight excluding hydrogens is 307 g/mol. The van der Waals surface area contributed by atoms with Gasteiger partial charge in [-0.25, -0.2) is 4.39 Å². The van der Waals surface area contributed by atoms with E-state index in [1.165, 1.54) is 23.9 Å². The maximum Gasteiger partial charge on any atom is 0.232 e. The van der Waals surface area contributed by atoms with E-state index in [9.17, 15) is 4.39 Å². The molecule has 1 aliphatic rings.